The lowest BCUT2D eigenvalue weighted by Crippen LogP contribution is -2.29. The van der Waals surface area contributed by atoms with Crippen LogP contribution in [0.5, 0.6) is 5.75 Å². The SMILES string of the molecule is CNC(=O)CCNC(=O)c1c(O)cccc1F. The van der Waals surface area contributed by atoms with E-state index >= 15 is 0 Å². The van der Waals surface area contributed by atoms with Gasteiger partial charge in [0.2, 0.25) is 5.91 Å². The van der Waals surface area contributed by atoms with Crippen molar-refractivity contribution in [3.05, 3.63) is 29.6 Å². The van der Waals surface area contributed by atoms with Crippen LogP contribution in [0.2, 0.25) is 0 Å². The first-order chi connectivity index (χ1) is 8.06. The predicted octanol–water partition coefficient (Wildman–Crippen LogP) is 0.397. The lowest BCUT2D eigenvalue weighted by atomic mass is 10.1. The third-order valence-electron chi connectivity index (χ3n) is 2.14. The minimum absolute atomic E-state index is 0.0757. The third kappa shape index (κ3) is 3.44. The molecular weight excluding hydrogens is 227 g/mol. The molecule has 1 aromatic rings. The minimum atomic E-state index is -0.803. The van der Waals surface area contributed by atoms with E-state index in [1.165, 1.54) is 19.2 Å². The number of hydrogen-bond acceptors (Lipinski definition) is 3. The van der Waals surface area contributed by atoms with E-state index < -0.39 is 23.0 Å². The van der Waals surface area contributed by atoms with Crippen LogP contribution in [0.15, 0.2) is 18.2 Å². The summed E-state index contributed by atoms with van der Waals surface area (Å²) in [5, 5.41) is 14.1. The Labute approximate surface area is 97.6 Å². The van der Waals surface area contributed by atoms with E-state index in [1.807, 2.05) is 0 Å². The van der Waals surface area contributed by atoms with Crippen molar-refractivity contribution in [2.75, 3.05) is 13.6 Å². The van der Waals surface area contributed by atoms with Crippen molar-refractivity contribution in [2.45, 2.75) is 6.42 Å². The number of aromatic hydroxyl groups is 1. The average molecular weight is 240 g/mol. The minimum Gasteiger partial charge on any atom is -0.507 e. The normalized spacial score (nSPS) is 9.76. The van der Waals surface area contributed by atoms with Crippen LogP contribution in [0.25, 0.3) is 0 Å². The van der Waals surface area contributed by atoms with Crippen LogP contribution < -0.4 is 10.6 Å². The Hall–Kier alpha value is -2.11. The first-order valence-corrected chi connectivity index (χ1v) is 5.02. The van der Waals surface area contributed by atoms with E-state index in [-0.39, 0.29) is 18.9 Å². The summed E-state index contributed by atoms with van der Waals surface area (Å²) in [4.78, 5) is 22.4. The van der Waals surface area contributed by atoms with E-state index in [2.05, 4.69) is 10.6 Å². The van der Waals surface area contributed by atoms with Gasteiger partial charge in [-0.05, 0) is 12.1 Å². The van der Waals surface area contributed by atoms with Gasteiger partial charge in [0.15, 0.2) is 0 Å². The second-order valence-corrected chi connectivity index (χ2v) is 3.31. The molecule has 92 valence electrons. The zero-order valence-corrected chi connectivity index (χ0v) is 9.29. The Balaban J connectivity index is 2.61. The molecule has 5 nitrogen and oxygen atoms in total. The van der Waals surface area contributed by atoms with Crippen molar-refractivity contribution >= 4 is 11.8 Å². The zero-order valence-electron chi connectivity index (χ0n) is 9.29. The van der Waals surface area contributed by atoms with Gasteiger partial charge in [-0.25, -0.2) is 4.39 Å². The maximum atomic E-state index is 13.3. The summed E-state index contributed by atoms with van der Waals surface area (Å²) in [6, 6.07) is 3.59. The monoisotopic (exact) mass is 240 g/mol. The van der Waals surface area contributed by atoms with Crippen LogP contribution in [-0.4, -0.2) is 30.5 Å². The smallest absolute Gasteiger partial charge is 0.258 e. The van der Waals surface area contributed by atoms with Gasteiger partial charge in [-0.1, -0.05) is 6.07 Å². The Morgan fingerprint density at radius 1 is 1.41 bits per heavy atom. The van der Waals surface area contributed by atoms with Crippen LogP contribution in [0.4, 0.5) is 4.39 Å². The molecule has 0 heterocycles. The fourth-order valence-corrected chi connectivity index (χ4v) is 1.24. The molecule has 0 fully saturated rings. The van der Waals surface area contributed by atoms with Gasteiger partial charge in [0.1, 0.15) is 17.1 Å². The maximum absolute atomic E-state index is 13.3. The number of carbonyl (C=O) groups excluding carboxylic acids is 2. The highest BCUT2D eigenvalue weighted by Crippen LogP contribution is 2.19. The van der Waals surface area contributed by atoms with Crippen molar-refractivity contribution in [1.82, 2.24) is 10.6 Å². The van der Waals surface area contributed by atoms with Gasteiger partial charge in [0.05, 0.1) is 0 Å². The van der Waals surface area contributed by atoms with Gasteiger partial charge in [0.25, 0.3) is 5.91 Å². The van der Waals surface area contributed by atoms with Crippen molar-refractivity contribution in [3.8, 4) is 5.75 Å². The Bertz CT molecular complexity index is 414. The molecule has 0 unspecified atom stereocenters. The van der Waals surface area contributed by atoms with E-state index in [4.69, 9.17) is 0 Å². The van der Waals surface area contributed by atoms with Gasteiger partial charge in [0, 0.05) is 20.0 Å². The average Bonchev–Trinajstić information content (AvgIpc) is 2.28. The van der Waals surface area contributed by atoms with Gasteiger partial charge < -0.3 is 15.7 Å². The van der Waals surface area contributed by atoms with E-state index in [0.29, 0.717) is 0 Å². The fourth-order valence-electron chi connectivity index (χ4n) is 1.24. The van der Waals surface area contributed by atoms with Gasteiger partial charge in [-0.2, -0.15) is 0 Å². The van der Waals surface area contributed by atoms with Crippen molar-refractivity contribution in [3.63, 3.8) is 0 Å². The number of hydrogen-bond donors (Lipinski definition) is 3. The highest BCUT2D eigenvalue weighted by Gasteiger charge is 2.15. The molecule has 0 aliphatic heterocycles. The molecule has 0 saturated heterocycles. The summed E-state index contributed by atoms with van der Waals surface area (Å²) in [6.45, 7) is 0.0757. The number of rotatable bonds is 4. The molecule has 3 N–H and O–H groups in total. The lowest BCUT2D eigenvalue weighted by Gasteiger charge is -2.07. The summed E-state index contributed by atoms with van der Waals surface area (Å²) in [5.41, 5.74) is -0.413. The number of phenols is 1. The largest absolute Gasteiger partial charge is 0.507 e. The topological polar surface area (TPSA) is 78.4 Å². The van der Waals surface area contributed by atoms with Crippen molar-refractivity contribution in [2.24, 2.45) is 0 Å². The standard InChI is InChI=1S/C11H13FN2O3/c1-13-9(16)5-6-14-11(17)10-7(12)3-2-4-8(10)15/h2-4,15H,5-6H2,1H3,(H,13,16)(H,14,17). The number of nitrogens with one attached hydrogen (secondary N) is 2. The van der Waals surface area contributed by atoms with Crippen LogP contribution in [0, 0.1) is 5.82 Å². The second kappa shape index (κ2) is 5.83. The summed E-state index contributed by atoms with van der Waals surface area (Å²) < 4.78 is 13.3. The molecule has 0 radical (unpaired) electrons. The number of carbonyl (C=O) groups is 2. The molecular formula is C11H13FN2O3. The number of halogens is 1. The highest BCUT2D eigenvalue weighted by molar-refractivity contribution is 5.97. The first kappa shape index (κ1) is 13.0. The maximum Gasteiger partial charge on any atom is 0.258 e. The Morgan fingerprint density at radius 3 is 2.71 bits per heavy atom. The molecule has 0 bridgehead atoms. The summed E-state index contributed by atoms with van der Waals surface area (Å²) in [7, 11) is 1.48. The second-order valence-electron chi connectivity index (χ2n) is 3.31. The predicted molar refractivity (Wildman–Crippen MR) is 59.1 cm³/mol. The lowest BCUT2D eigenvalue weighted by molar-refractivity contribution is -0.120. The zero-order chi connectivity index (χ0) is 12.8. The molecule has 0 spiro atoms. The van der Waals surface area contributed by atoms with Crippen LogP contribution in [-0.2, 0) is 4.79 Å². The van der Waals surface area contributed by atoms with Crippen molar-refractivity contribution in [1.29, 1.82) is 0 Å². The molecule has 0 aliphatic rings. The van der Waals surface area contributed by atoms with Gasteiger partial charge >= 0.3 is 0 Å². The molecule has 0 atom stereocenters. The molecule has 1 rings (SSSR count). The molecule has 1 aromatic carbocycles. The van der Waals surface area contributed by atoms with E-state index in [1.54, 1.807) is 0 Å². The molecule has 2 amide bonds. The summed E-state index contributed by atoms with van der Waals surface area (Å²) in [5.74, 6) is -2.21. The number of amides is 2. The molecule has 0 saturated carbocycles. The molecule has 17 heavy (non-hydrogen) atoms. The Kier molecular flexibility index (Phi) is 4.45. The van der Waals surface area contributed by atoms with Crippen LogP contribution in [0.1, 0.15) is 16.8 Å². The van der Waals surface area contributed by atoms with Gasteiger partial charge in [-0.3, -0.25) is 9.59 Å². The number of phenolic OH excluding ortho intramolecular Hbond substituents is 1. The highest BCUT2D eigenvalue weighted by atomic mass is 19.1. The number of benzene rings is 1. The summed E-state index contributed by atoms with van der Waals surface area (Å²) >= 11 is 0. The first-order valence-electron chi connectivity index (χ1n) is 5.02. The van der Waals surface area contributed by atoms with E-state index in [0.717, 1.165) is 6.07 Å². The quantitative estimate of drug-likeness (QED) is 0.712. The fraction of sp³-hybridized carbons (Fsp3) is 0.273. The van der Waals surface area contributed by atoms with Crippen molar-refractivity contribution < 1.29 is 19.1 Å². The third-order valence-corrected chi connectivity index (χ3v) is 2.14. The molecule has 0 aromatic heterocycles. The van der Waals surface area contributed by atoms with E-state index in [9.17, 15) is 19.1 Å². The van der Waals surface area contributed by atoms with Crippen LogP contribution in [0.3, 0.4) is 0 Å². The molecule has 0 aliphatic carbocycles. The molecule has 6 heteroatoms. The van der Waals surface area contributed by atoms with Gasteiger partial charge in [-0.15, -0.1) is 0 Å². The summed E-state index contributed by atoms with van der Waals surface area (Å²) in [6.07, 6.45) is 0.0947. The Morgan fingerprint density at radius 2 is 2.12 bits per heavy atom. The van der Waals surface area contributed by atoms with Crippen LogP contribution >= 0.6 is 0 Å².